The zero-order valence-electron chi connectivity index (χ0n) is 21.0. The highest BCUT2D eigenvalue weighted by atomic mass is 35.5. The molecule has 0 aliphatic carbocycles. The molecule has 8 nitrogen and oxygen atoms in total. The monoisotopic (exact) mass is 495 g/mol. The highest BCUT2D eigenvalue weighted by molar-refractivity contribution is 6.30. The number of aromatic nitrogens is 5. The molecule has 4 aromatic heterocycles. The van der Waals surface area contributed by atoms with Crippen LogP contribution in [-0.4, -0.2) is 41.0 Å². The van der Waals surface area contributed by atoms with Gasteiger partial charge < -0.3 is 14.4 Å². The molecule has 0 amide bonds. The van der Waals surface area contributed by atoms with Crippen LogP contribution in [-0.2, 0) is 23.1 Å². The van der Waals surface area contributed by atoms with E-state index in [0.29, 0.717) is 34.1 Å². The van der Waals surface area contributed by atoms with E-state index in [-0.39, 0.29) is 0 Å². The summed E-state index contributed by atoms with van der Waals surface area (Å²) in [5.74, 6) is -1.08. The summed E-state index contributed by atoms with van der Waals surface area (Å²) in [6, 6.07) is 3.56. The zero-order valence-corrected chi connectivity index (χ0v) is 21.8. The lowest BCUT2D eigenvalue weighted by molar-refractivity contribution is -0.160. The Morgan fingerprint density at radius 1 is 1.20 bits per heavy atom. The van der Waals surface area contributed by atoms with E-state index in [0.717, 1.165) is 27.9 Å². The number of carbonyl (C=O) groups is 1. The van der Waals surface area contributed by atoms with E-state index in [4.69, 9.17) is 21.3 Å². The smallest absolute Gasteiger partial charge is 0.337 e. The number of fused-ring (bicyclic) bond motifs is 1. The first-order chi connectivity index (χ1) is 16.4. The second-order valence-electron chi connectivity index (χ2n) is 9.81. The number of halogens is 1. The van der Waals surface area contributed by atoms with Crippen molar-refractivity contribution in [2.45, 2.75) is 59.8 Å². The number of rotatable bonds is 6. The van der Waals surface area contributed by atoms with Gasteiger partial charge in [0, 0.05) is 52.9 Å². The third-order valence-electron chi connectivity index (χ3n) is 6.03. The van der Waals surface area contributed by atoms with Crippen molar-refractivity contribution in [3.05, 3.63) is 63.8 Å². The summed E-state index contributed by atoms with van der Waals surface area (Å²) in [7, 11) is 1.88. The van der Waals surface area contributed by atoms with Crippen molar-refractivity contribution in [1.29, 1.82) is 0 Å². The van der Waals surface area contributed by atoms with Gasteiger partial charge in [-0.05, 0) is 59.2 Å². The van der Waals surface area contributed by atoms with Crippen molar-refractivity contribution >= 4 is 28.6 Å². The minimum absolute atomic E-state index is 0.497. The molecule has 0 bridgehead atoms. The van der Waals surface area contributed by atoms with Crippen molar-refractivity contribution in [1.82, 2.24) is 24.3 Å². The molecule has 0 unspecified atom stereocenters. The zero-order chi connectivity index (χ0) is 25.7. The number of aryl methyl sites for hydroxylation is 3. The first-order valence-electron chi connectivity index (χ1n) is 11.4. The van der Waals surface area contributed by atoms with Crippen LogP contribution < -0.4 is 0 Å². The molecule has 35 heavy (non-hydrogen) atoms. The fraction of sp³-hybridized carbons (Fsp3) is 0.385. The fourth-order valence-electron chi connectivity index (χ4n) is 4.42. The Hall–Kier alpha value is -3.23. The molecule has 0 saturated heterocycles. The summed E-state index contributed by atoms with van der Waals surface area (Å²) in [5, 5.41) is 15.9. The highest BCUT2D eigenvalue weighted by Crippen LogP contribution is 2.41. The number of aliphatic carboxylic acids is 1. The van der Waals surface area contributed by atoms with Gasteiger partial charge in [0.25, 0.3) is 0 Å². The molecule has 4 aromatic rings. The molecular weight excluding hydrogens is 466 g/mol. The second-order valence-corrected chi connectivity index (χ2v) is 10.2. The summed E-state index contributed by atoms with van der Waals surface area (Å²) in [5.41, 5.74) is 5.54. The maximum Gasteiger partial charge on any atom is 0.337 e. The van der Waals surface area contributed by atoms with Gasteiger partial charge in [-0.3, -0.25) is 9.67 Å². The molecule has 4 rings (SSSR count). The van der Waals surface area contributed by atoms with Crippen LogP contribution in [0.2, 0.25) is 5.02 Å². The molecule has 0 spiro atoms. The van der Waals surface area contributed by atoms with E-state index < -0.39 is 17.7 Å². The Labute approximate surface area is 209 Å². The lowest BCUT2D eigenvalue weighted by atomic mass is 9.93. The third kappa shape index (κ3) is 4.81. The normalized spacial score (nSPS) is 12.9. The minimum atomic E-state index is -1.22. The van der Waals surface area contributed by atoms with Crippen molar-refractivity contribution < 1.29 is 14.6 Å². The number of carboxylic acid groups (broad SMARTS) is 1. The molecular formula is C26H30ClN5O3. The third-order valence-corrected chi connectivity index (χ3v) is 6.25. The molecule has 184 valence electrons. The number of pyridine rings is 2. The van der Waals surface area contributed by atoms with Gasteiger partial charge in [0.05, 0.1) is 29.1 Å². The summed E-state index contributed by atoms with van der Waals surface area (Å²) in [6.07, 6.45) is 4.15. The van der Waals surface area contributed by atoms with Crippen LogP contribution in [0.4, 0.5) is 0 Å². The van der Waals surface area contributed by atoms with E-state index in [2.05, 4.69) is 14.6 Å². The molecule has 4 heterocycles. The second kappa shape index (κ2) is 9.09. The molecule has 9 heteroatoms. The van der Waals surface area contributed by atoms with Gasteiger partial charge in [0.2, 0.25) is 0 Å². The van der Waals surface area contributed by atoms with Gasteiger partial charge in [0.1, 0.15) is 5.65 Å². The van der Waals surface area contributed by atoms with Crippen LogP contribution in [0.1, 0.15) is 55.0 Å². The molecule has 0 fully saturated rings. The molecule has 1 atom stereocenters. The molecule has 0 radical (unpaired) electrons. The Morgan fingerprint density at radius 2 is 1.91 bits per heavy atom. The summed E-state index contributed by atoms with van der Waals surface area (Å²) in [4.78, 5) is 22.0. The van der Waals surface area contributed by atoms with Crippen LogP contribution in [0.25, 0.3) is 22.3 Å². The summed E-state index contributed by atoms with van der Waals surface area (Å²) < 4.78 is 9.97. The molecule has 0 aromatic carbocycles. The average Bonchev–Trinajstić information content (AvgIpc) is 3.28. The Bertz CT molecular complexity index is 1410. The van der Waals surface area contributed by atoms with Crippen LogP contribution in [0.5, 0.6) is 0 Å². The Morgan fingerprint density at radius 3 is 2.46 bits per heavy atom. The van der Waals surface area contributed by atoms with Gasteiger partial charge in [-0.15, -0.1) is 0 Å². The lowest BCUT2D eigenvalue weighted by Crippen LogP contribution is -2.28. The average molecular weight is 496 g/mol. The van der Waals surface area contributed by atoms with E-state index in [1.54, 1.807) is 16.9 Å². The molecule has 0 aliphatic rings. The summed E-state index contributed by atoms with van der Waals surface area (Å²) >= 11 is 6.14. The fourth-order valence-corrected chi connectivity index (χ4v) is 4.53. The predicted octanol–water partition coefficient (Wildman–Crippen LogP) is 5.40. The van der Waals surface area contributed by atoms with Crippen molar-refractivity contribution in [3.63, 3.8) is 0 Å². The van der Waals surface area contributed by atoms with Crippen molar-refractivity contribution in [2.75, 3.05) is 0 Å². The van der Waals surface area contributed by atoms with Crippen LogP contribution in [0.3, 0.4) is 0 Å². The number of hydrogen-bond acceptors (Lipinski definition) is 5. The number of hydrogen-bond donors (Lipinski definition) is 1. The van der Waals surface area contributed by atoms with Crippen molar-refractivity contribution in [3.8, 4) is 11.3 Å². The summed E-state index contributed by atoms with van der Waals surface area (Å²) in [6.45, 7) is 12.0. The Balaban J connectivity index is 2.07. The largest absolute Gasteiger partial charge is 0.479 e. The Kier molecular flexibility index (Phi) is 6.46. The lowest BCUT2D eigenvalue weighted by Gasteiger charge is -2.27. The minimum Gasteiger partial charge on any atom is -0.479 e. The van der Waals surface area contributed by atoms with E-state index in [1.165, 1.54) is 0 Å². The first-order valence-corrected chi connectivity index (χ1v) is 11.7. The van der Waals surface area contributed by atoms with Crippen molar-refractivity contribution in [2.24, 2.45) is 7.05 Å². The molecule has 0 saturated carbocycles. The van der Waals surface area contributed by atoms with Gasteiger partial charge in [0.15, 0.2) is 6.10 Å². The van der Waals surface area contributed by atoms with Gasteiger partial charge in [-0.25, -0.2) is 9.78 Å². The number of ether oxygens (including phenoxy) is 1. The van der Waals surface area contributed by atoms with Gasteiger partial charge >= 0.3 is 5.97 Å². The quantitative estimate of drug-likeness (QED) is 0.385. The SMILES string of the molecule is Cc1nc2c(c(C)c(C)n2Cc2cnn(C)c2)c(-c2ccc(Cl)cn2)c1[C@H](OC(C)(C)C)C(=O)O. The number of carboxylic acids is 1. The predicted molar refractivity (Wildman–Crippen MR) is 136 cm³/mol. The van der Waals surface area contributed by atoms with Gasteiger partial charge in [-0.2, -0.15) is 5.10 Å². The van der Waals surface area contributed by atoms with E-state index in [1.807, 2.05) is 67.1 Å². The molecule has 1 N–H and O–H groups in total. The van der Waals surface area contributed by atoms with Crippen LogP contribution in [0, 0.1) is 20.8 Å². The van der Waals surface area contributed by atoms with E-state index in [9.17, 15) is 9.90 Å². The first kappa shape index (κ1) is 24.9. The standard InChI is InChI=1S/C26H30ClN5O3/c1-14-16(3)32(13-17-10-29-31(7)12-17)24-20(14)22(19-9-8-18(27)11-28-19)21(15(2)30-24)23(25(33)34)35-26(4,5)6/h8-12,23H,13H2,1-7H3,(H,33,34)/t23-/m0/s1. The number of nitrogens with zero attached hydrogens (tertiary/aromatic N) is 5. The molecule has 0 aliphatic heterocycles. The topological polar surface area (TPSA) is 95.1 Å². The van der Waals surface area contributed by atoms with E-state index >= 15 is 0 Å². The van der Waals surface area contributed by atoms with Crippen LogP contribution in [0.15, 0.2) is 30.7 Å². The van der Waals surface area contributed by atoms with Gasteiger partial charge in [-0.1, -0.05) is 11.6 Å². The van der Waals surface area contributed by atoms with Crippen LogP contribution >= 0.6 is 11.6 Å². The highest BCUT2D eigenvalue weighted by Gasteiger charge is 2.34. The maximum absolute atomic E-state index is 12.5. The maximum atomic E-state index is 12.5.